The maximum Gasteiger partial charge on any atom is 0.269 e. The summed E-state index contributed by atoms with van der Waals surface area (Å²) in [4.78, 5) is 19.5. The second kappa shape index (κ2) is 3.91. The van der Waals surface area contributed by atoms with Crippen LogP contribution in [0.5, 0.6) is 0 Å². The lowest BCUT2D eigenvalue weighted by atomic mass is 10.4. The van der Waals surface area contributed by atoms with E-state index in [9.17, 15) is 4.79 Å². The highest BCUT2D eigenvalue weighted by atomic mass is 79.9. The Morgan fingerprint density at radius 2 is 2.22 bits per heavy atom. The molecular formula is C10H7BrN6O. The largest absolute Gasteiger partial charge is 0.364 e. The maximum absolute atomic E-state index is 11.0. The van der Waals surface area contributed by atoms with Gasteiger partial charge in [-0.05, 0) is 22.0 Å². The number of carbonyl (C=O) groups excluding carboxylic acids is 1. The summed E-state index contributed by atoms with van der Waals surface area (Å²) in [6, 6.07) is 1.53. The van der Waals surface area contributed by atoms with E-state index in [1.807, 2.05) is 0 Å². The van der Waals surface area contributed by atoms with Crippen molar-refractivity contribution in [1.29, 1.82) is 0 Å². The van der Waals surface area contributed by atoms with Gasteiger partial charge in [-0.1, -0.05) is 0 Å². The van der Waals surface area contributed by atoms with Crippen molar-refractivity contribution < 1.29 is 4.79 Å². The van der Waals surface area contributed by atoms with Crippen molar-refractivity contribution in [2.75, 3.05) is 0 Å². The summed E-state index contributed by atoms with van der Waals surface area (Å²) in [7, 11) is 0. The fourth-order valence-corrected chi connectivity index (χ4v) is 2.00. The fourth-order valence-electron chi connectivity index (χ4n) is 1.61. The molecule has 0 unspecified atom stereocenters. The predicted octanol–water partition coefficient (Wildman–Crippen LogP) is 0.776. The average Bonchev–Trinajstić information content (AvgIpc) is 2.95. The Morgan fingerprint density at radius 1 is 1.39 bits per heavy atom. The number of imidazole rings is 1. The Hall–Kier alpha value is -2.22. The summed E-state index contributed by atoms with van der Waals surface area (Å²) in [6.07, 6.45) is 6.85. The van der Waals surface area contributed by atoms with Crippen LogP contribution in [-0.4, -0.2) is 30.1 Å². The smallest absolute Gasteiger partial charge is 0.269 e. The Kier molecular flexibility index (Phi) is 2.37. The van der Waals surface area contributed by atoms with Gasteiger partial charge in [-0.3, -0.25) is 4.79 Å². The minimum atomic E-state index is -0.580. The monoisotopic (exact) mass is 306 g/mol. The van der Waals surface area contributed by atoms with E-state index in [-0.39, 0.29) is 5.69 Å². The van der Waals surface area contributed by atoms with E-state index in [0.29, 0.717) is 16.1 Å². The fraction of sp³-hybridized carbons (Fsp3) is 0. The molecule has 18 heavy (non-hydrogen) atoms. The molecule has 3 aromatic heterocycles. The first kappa shape index (κ1) is 10.9. The van der Waals surface area contributed by atoms with Gasteiger partial charge in [0, 0.05) is 24.8 Å². The van der Waals surface area contributed by atoms with Gasteiger partial charge in [0.25, 0.3) is 5.91 Å². The lowest BCUT2D eigenvalue weighted by molar-refractivity contribution is 0.0995. The highest BCUT2D eigenvalue weighted by molar-refractivity contribution is 9.10. The first-order chi connectivity index (χ1) is 8.65. The van der Waals surface area contributed by atoms with Gasteiger partial charge in [-0.15, -0.1) is 0 Å². The third-order valence-electron chi connectivity index (χ3n) is 2.39. The van der Waals surface area contributed by atoms with E-state index in [1.165, 1.54) is 10.7 Å². The molecule has 3 aromatic rings. The zero-order valence-electron chi connectivity index (χ0n) is 8.99. The van der Waals surface area contributed by atoms with E-state index >= 15 is 0 Å². The molecule has 0 spiro atoms. The topological polar surface area (TPSA) is 91.1 Å². The van der Waals surface area contributed by atoms with Gasteiger partial charge in [-0.2, -0.15) is 5.10 Å². The second-order valence-corrected chi connectivity index (χ2v) is 4.37. The van der Waals surface area contributed by atoms with Crippen molar-refractivity contribution in [2.45, 2.75) is 0 Å². The van der Waals surface area contributed by atoms with Gasteiger partial charge in [0.2, 0.25) is 0 Å². The Labute approximate surface area is 109 Å². The summed E-state index contributed by atoms with van der Waals surface area (Å²) >= 11 is 3.31. The Morgan fingerprint density at radius 3 is 2.94 bits per heavy atom. The summed E-state index contributed by atoms with van der Waals surface area (Å²) < 4.78 is 3.91. The molecule has 2 N–H and O–H groups in total. The second-order valence-electron chi connectivity index (χ2n) is 3.56. The highest BCUT2D eigenvalue weighted by Crippen LogP contribution is 2.15. The molecule has 0 saturated carbocycles. The molecule has 0 fully saturated rings. The molecule has 7 nitrogen and oxygen atoms in total. The SMILES string of the molecule is NC(=O)c1ccn(-c2nc(Br)cn3ccnc23)n1. The van der Waals surface area contributed by atoms with Crippen LogP contribution in [-0.2, 0) is 0 Å². The quantitative estimate of drug-likeness (QED) is 0.757. The molecule has 90 valence electrons. The van der Waals surface area contributed by atoms with Crippen LogP contribution in [0, 0.1) is 0 Å². The van der Waals surface area contributed by atoms with Crippen LogP contribution in [0.15, 0.2) is 35.5 Å². The first-order valence-corrected chi connectivity index (χ1v) is 5.79. The molecule has 8 heteroatoms. The number of amides is 1. The number of hydrogen-bond donors (Lipinski definition) is 1. The number of nitrogens with two attached hydrogens (primary N) is 1. The molecule has 0 aromatic carbocycles. The molecule has 0 bridgehead atoms. The molecule has 0 aliphatic heterocycles. The van der Waals surface area contributed by atoms with Crippen LogP contribution in [0.2, 0.25) is 0 Å². The maximum atomic E-state index is 11.0. The van der Waals surface area contributed by atoms with Crippen molar-refractivity contribution >= 4 is 27.5 Å². The third-order valence-corrected chi connectivity index (χ3v) is 2.77. The number of aromatic nitrogens is 5. The van der Waals surface area contributed by atoms with Gasteiger partial charge in [0.15, 0.2) is 11.5 Å². The first-order valence-electron chi connectivity index (χ1n) is 5.00. The van der Waals surface area contributed by atoms with Crippen LogP contribution in [0.4, 0.5) is 0 Å². The number of carbonyl (C=O) groups is 1. The van der Waals surface area contributed by atoms with Crippen molar-refractivity contribution in [2.24, 2.45) is 5.73 Å². The number of halogens is 1. The van der Waals surface area contributed by atoms with Gasteiger partial charge < -0.3 is 10.1 Å². The van der Waals surface area contributed by atoms with Crippen LogP contribution in [0.3, 0.4) is 0 Å². The number of nitrogens with zero attached hydrogens (tertiary/aromatic N) is 5. The van der Waals surface area contributed by atoms with Crippen molar-refractivity contribution in [3.05, 3.63) is 41.2 Å². The summed E-state index contributed by atoms with van der Waals surface area (Å²) in [5.74, 6) is -0.0648. The van der Waals surface area contributed by atoms with Gasteiger partial charge in [-0.25, -0.2) is 14.6 Å². The van der Waals surface area contributed by atoms with Crippen LogP contribution in [0.25, 0.3) is 11.5 Å². The average molecular weight is 307 g/mol. The van der Waals surface area contributed by atoms with Crippen LogP contribution in [0.1, 0.15) is 10.5 Å². The number of rotatable bonds is 2. The Balaban J connectivity index is 2.23. The third kappa shape index (κ3) is 1.66. The molecule has 1 amide bonds. The van der Waals surface area contributed by atoms with Gasteiger partial charge >= 0.3 is 0 Å². The van der Waals surface area contributed by atoms with E-state index < -0.39 is 5.91 Å². The van der Waals surface area contributed by atoms with Crippen LogP contribution < -0.4 is 5.73 Å². The predicted molar refractivity (Wildman–Crippen MR) is 66.3 cm³/mol. The van der Waals surface area contributed by atoms with Gasteiger partial charge in [0.05, 0.1) is 0 Å². The molecule has 0 aliphatic rings. The van der Waals surface area contributed by atoms with Crippen LogP contribution >= 0.6 is 15.9 Å². The van der Waals surface area contributed by atoms with E-state index in [0.717, 1.165) is 0 Å². The number of hydrogen-bond acceptors (Lipinski definition) is 4. The molecular weight excluding hydrogens is 300 g/mol. The minimum Gasteiger partial charge on any atom is -0.364 e. The molecule has 0 radical (unpaired) electrons. The summed E-state index contributed by atoms with van der Waals surface area (Å²) in [5, 5.41) is 4.06. The molecule has 3 rings (SSSR count). The summed E-state index contributed by atoms with van der Waals surface area (Å²) in [5.41, 5.74) is 5.98. The lowest BCUT2D eigenvalue weighted by Crippen LogP contribution is -2.12. The molecule has 0 saturated heterocycles. The number of fused-ring (bicyclic) bond motifs is 1. The highest BCUT2D eigenvalue weighted by Gasteiger charge is 2.11. The molecule has 0 atom stereocenters. The van der Waals surface area contributed by atoms with E-state index in [1.54, 1.807) is 29.2 Å². The minimum absolute atomic E-state index is 0.182. The molecule has 3 heterocycles. The van der Waals surface area contributed by atoms with E-state index in [4.69, 9.17) is 5.73 Å². The zero-order valence-corrected chi connectivity index (χ0v) is 10.6. The van der Waals surface area contributed by atoms with Crippen molar-refractivity contribution in [1.82, 2.24) is 24.1 Å². The standard InChI is InChI=1S/C10H7BrN6O/c11-7-5-16-4-2-13-9(16)10(14-7)17-3-1-6(15-17)8(12)18/h1-5H,(H2,12,18). The van der Waals surface area contributed by atoms with Crippen molar-refractivity contribution in [3.63, 3.8) is 0 Å². The van der Waals surface area contributed by atoms with E-state index in [2.05, 4.69) is 31.0 Å². The summed E-state index contributed by atoms with van der Waals surface area (Å²) in [6.45, 7) is 0. The molecule has 0 aliphatic carbocycles. The normalized spacial score (nSPS) is 10.9. The zero-order chi connectivity index (χ0) is 12.7. The number of primary amides is 1. The van der Waals surface area contributed by atoms with Gasteiger partial charge in [0.1, 0.15) is 10.3 Å². The van der Waals surface area contributed by atoms with Crippen molar-refractivity contribution in [3.8, 4) is 5.82 Å². The Bertz CT molecular complexity index is 746. The lowest BCUT2D eigenvalue weighted by Gasteiger charge is -2.03.